The molecule has 1 aliphatic rings. The molecule has 146 valence electrons. The van der Waals surface area contributed by atoms with Gasteiger partial charge in [0.1, 0.15) is 11.8 Å². The Bertz CT molecular complexity index is 879. The van der Waals surface area contributed by atoms with Crippen LogP contribution >= 0.6 is 0 Å². The van der Waals surface area contributed by atoms with Crippen LogP contribution in [0.2, 0.25) is 0 Å². The molecule has 0 radical (unpaired) electrons. The molecular formula is C21H22N2O5. The van der Waals surface area contributed by atoms with Crippen LogP contribution in [0.5, 0.6) is 5.75 Å². The van der Waals surface area contributed by atoms with Crippen LogP contribution in [0.15, 0.2) is 48.5 Å². The first-order chi connectivity index (χ1) is 13.5. The van der Waals surface area contributed by atoms with Crippen LogP contribution in [-0.2, 0) is 22.6 Å². The number of carboxylic acids is 1. The van der Waals surface area contributed by atoms with Crippen molar-refractivity contribution in [3.8, 4) is 5.75 Å². The summed E-state index contributed by atoms with van der Waals surface area (Å²) in [6.45, 7) is 2.35. The molecule has 28 heavy (non-hydrogen) atoms. The summed E-state index contributed by atoms with van der Waals surface area (Å²) in [5.41, 5.74) is 2.25. The van der Waals surface area contributed by atoms with Gasteiger partial charge in [-0.2, -0.15) is 0 Å². The van der Waals surface area contributed by atoms with E-state index in [1.54, 1.807) is 24.3 Å². The van der Waals surface area contributed by atoms with Gasteiger partial charge in [-0.15, -0.1) is 0 Å². The zero-order valence-electron chi connectivity index (χ0n) is 15.6. The first-order valence-electron chi connectivity index (χ1n) is 9.09. The first kappa shape index (κ1) is 19.4. The van der Waals surface area contributed by atoms with Crippen molar-refractivity contribution in [2.75, 3.05) is 13.2 Å². The molecular weight excluding hydrogens is 360 g/mol. The summed E-state index contributed by atoms with van der Waals surface area (Å²) < 4.78 is 5.33. The van der Waals surface area contributed by atoms with Gasteiger partial charge in [0.05, 0.1) is 13.2 Å². The second-order valence-corrected chi connectivity index (χ2v) is 6.49. The fourth-order valence-electron chi connectivity index (χ4n) is 3.23. The molecule has 1 heterocycles. The van der Waals surface area contributed by atoms with Crippen LogP contribution in [0.4, 0.5) is 0 Å². The number of fused-ring (bicyclic) bond motifs is 1. The third-order valence-electron chi connectivity index (χ3n) is 4.68. The van der Waals surface area contributed by atoms with Crippen LogP contribution < -0.4 is 10.1 Å². The molecule has 1 atom stereocenters. The summed E-state index contributed by atoms with van der Waals surface area (Å²) in [5, 5.41) is 12.1. The van der Waals surface area contributed by atoms with Crippen molar-refractivity contribution in [3.05, 3.63) is 65.2 Å². The topological polar surface area (TPSA) is 95.9 Å². The normalized spacial score (nSPS) is 15.5. The van der Waals surface area contributed by atoms with E-state index in [4.69, 9.17) is 4.74 Å². The number of ether oxygens (including phenoxy) is 1. The number of hydrogen-bond acceptors (Lipinski definition) is 4. The molecule has 2 amide bonds. The highest BCUT2D eigenvalue weighted by Gasteiger charge is 2.34. The number of amides is 2. The predicted octanol–water partition coefficient (Wildman–Crippen LogP) is 1.85. The minimum atomic E-state index is -1.05. The molecule has 0 bridgehead atoms. The van der Waals surface area contributed by atoms with Crippen LogP contribution in [0.1, 0.15) is 28.4 Å². The molecule has 7 heteroatoms. The number of nitrogens with zero attached hydrogens (tertiary/aromatic N) is 1. The maximum absolute atomic E-state index is 12.6. The maximum Gasteiger partial charge on any atom is 0.326 e. The Morgan fingerprint density at radius 1 is 1.11 bits per heavy atom. The Labute approximate surface area is 162 Å². The number of rotatable bonds is 6. The number of aliphatic carboxylic acids is 1. The molecule has 3 rings (SSSR count). The van der Waals surface area contributed by atoms with Gasteiger partial charge in [-0.25, -0.2) is 4.79 Å². The Morgan fingerprint density at radius 2 is 1.79 bits per heavy atom. The zero-order chi connectivity index (χ0) is 20.1. The van der Waals surface area contributed by atoms with Crippen molar-refractivity contribution in [2.45, 2.75) is 25.9 Å². The summed E-state index contributed by atoms with van der Waals surface area (Å²) in [6, 6.07) is 13.1. The second kappa shape index (κ2) is 8.56. The van der Waals surface area contributed by atoms with Crippen LogP contribution in [-0.4, -0.2) is 47.0 Å². The highest BCUT2D eigenvalue weighted by atomic mass is 16.5. The molecule has 7 nitrogen and oxygen atoms in total. The van der Waals surface area contributed by atoms with E-state index in [9.17, 15) is 19.5 Å². The van der Waals surface area contributed by atoms with Crippen molar-refractivity contribution >= 4 is 17.8 Å². The second-order valence-electron chi connectivity index (χ2n) is 6.49. The lowest BCUT2D eigenvalue weighted by molar-refractivity contribution is -0.150. The molecule has 0 saturated carbocycles. The summed E-state index contributed by atoms with van der Waals surface area (Å²) >= 11 is 0. The van der Waals surface area contributed by atoms with Crippen LogP contribution in [0, 0.1) is 0 Å². The fraction of sp³-hybridized carbons (Fsp3) is 0.286. The number of hydrogen-bond donors (Lipinski definition) is 2. The summed E-state index contributed by atoms with van der Waals surface area (Å²) in [4.78, 5) is 37.8. The average molecular weight is 382 g/mol. The lowest BCUT2D eigenvalue weighted by Crippen LogP contribution is -2.51. The van der Waals surface area contributed by atoms with E-state index in [1.807, 2.05) is 31.2 Å². The standard InChI is InChI=1S/C21H22N2O5/c1-2-28-17-9-7-14(8-10-17)20(25)22-12-19(24)23-13-16-6-4-3-5-15(16)11-18(23)21(26)27/h3-10,18H,2,11-13H2,1H3,(H,22,25)(H,26,27). The van der Waals surface area contributed by atoms with E-state index in [0.29, 0.717) is 17.9 Å². The third kappa shape index (κ3) is 4.31. The number of benzene rings is 2. The van der Waals surface area contributed by atoms with Crippen molar-refractivity contribution in [1.82, 2.24) is 10.2 Å². The van der Waals surface area contributed by atoms with E-state index in [-0.39, 0.29) is 19.5 Å². The molecule has 0 aromatic heterocycles. The predicted molar refractivity (Wildman–Crippen MR) is 102 cm³/mol. The van der Waals surface area contributed by atoms with E-state index < -0.39 is 23.8 Å². The third-order valence-corrected chi connectivity index (χ3v) is 4.68. The van der Waals surface area contributed by atoms with E-state index in [1.165, 1.54) is 4.90 Å². The molecule has 2 aromatic rings. The summed E-state index contributed by atoms with van der Waals surface area (Å²) in [7, 11) is 0. The minimum absolute atomic E-state index is 0.213. The number of nitrogens with one attached hydrogen (secondary N) is 1. The SMILES string of the molecule is CCOc1ccc(C(=O)NCC(=O)N2Cc3ccccc3CC2C(=O)O)cc1. The summed E-state index contributed by atoms with van der Waals surface area (Å²) in [6.07, 6.45) is 0.254. The Kier molecular flexibility index (Phi) is 5.93. The monoisotopic (exact) mass is 382 g/mol. The lowest BCUT2D eigenvalue weighted by Gasteiger charge is -2.34. The molecule has 1 aliphatic heterocycles. The lowest BCUT2D eigenvalue weighted by atomic mass is 9.94. The van der Waals surface area contributed by atoms with Gasteiger partial charge in [0, 0.05) is 18.5 Å². The van der Waals surface area contributed by atoms with E-state index in [2.05, 4.69) is 5.32 Å². The molecule has 0 aliphatic carbocycles. The van der Waals surface area contributed by atoms with Crippen molar-refractivity contribution < 1.29 is 24.2 Å². The molecule has 0 spiro atoms. The smallest absolute Gasteiger partial charge is 0.326 e. The van der Waals surface area contributed by atoms with Gasteiger partial charge in [0.15, 0.2) is 0 Å². The van der Waals surface area contributed by atoms with Crippen molar-refractivity contribution in [1.29, 1.82) is 0 Å². The Balaban J connectivity index is 1.64. The minimum Gasteiger partial charge on any atom is -0.494 e. The summed E-state index contributed by atoms with van der Waals surface area (Å²) in [5.74, 6) is -1.23. The van der Waals surface area contributed by atoms with Gasteiger partial charge in [0.2, 0.25) is 5.91 Å². The van der Waals surface area contributed by atoms with Gasteiger partial charge in [-0.3, -0.25) is 9.59 Å². The molecule has 2 N–H and O–H groups in total. The molecule has 0 saturated heterocycles. The van der Waals surface area contributed by atoms with Gasteiger partial charge in [0.25, 0.3) is 5.91 Å². The quantitative estimate of drug-likeness (QED) is 0.795. The average Bonchev–Trinajstić information content (AvgIpc) is 2.71. The molecule has 1 unspecified atom stereocenters. The van der Waals surface area contributed by atoms with Crippen molar-refractivity contribution in [2.24, 2.45) is 0 Å². The highest BCUT2D eigenvalue weighted by molar-refractivity contribution is 5.97. The van der Waals surface area contributed by atoms with Gasteiger partial charge < -0.3 is 20.1 Å². The molecule has 0 fully saturated rings. The van der Waals surface area contributed by atoms with Crippen LogP contribution in [0.25, 0.3) is 0 Å². The Hall–Kier alpha value is -3.35. The number of carboxylic acid groups (broad SMARTS) is 1. The molecule has 2 aromatic carbocycles. The maximum atomic E-state index is 12.6. The Morgan fingerprint density at radius 3 is 2.43 bits per heavy atom. The first-order valence-corrected chi connectivity index (χ1v) is 9.09. The number of carbonyl (C=O) groups is 3. The zero-order valence-corrected chi connectivity index (χ0v) is 15.6. The van der Waals surface area contributed by atoms with Gasteiger partial charge >= 0.3 is 5.97 Å². The van der Waals surface area contributed by atoms with E-state index in [0.717, 1.165) is 11.1 Å². The largest absolute Gasteiger partial charge is 0.494 e. The van der Waals surface area contributed by atoms with E-state index >= 15 is 0 Å². The number of carbonyl (C=O) groups excluding carboxylic acids is 2. The fourth-order valence-corrected chi connectivity index (χ4v) is 3.23. The highest BCUT2D eigenvalue weighted by Crippen LogP contribution is 2.23. The van der Waals surface area contributed by atoms with Gasteiger partial charge in [-0.05, 0) is 42.3 Å². The van der Waals surface area contributed by atoms with Crippen LogP contribution in [0.3, 0.4) is 0 Å². The van der Waals surface area contributed by atoms with Gasteiger partial charge in [-0.1, -0.05) is 24.3 Å². The van der Waals surface area contributed by atoms with Crippen molar-refractivity contribution in [3.63, 3.8) is 0 Å².